The fraction of sp³-hybridized carbons (Fsp3) is 0.556. The van der Waals surface area contributed by atoms with Gasteiger partial charge in [0, 0.05) is 18.3 Å². The molecular formula is C27H34N8O6. The standard InChI is InChI=1S/C27H34N8O6/c1-41-22(37)7-3-2-5-19(28-26(39)24-31-33-34-32-24)25(38)29-20-6-4-8-35(27(20)40)14-21(36)30-23-17-10-15-9-16(12-17)13-18(23)11-15/h3-4,6-8,15-19,23H,2,5,9-14H2,1H3,(H,28,39)(H,29,38)(H,30,36)(H,31,32,33,34)/b7-3+/t15?,16?,17?,18?,19-,23?/m0/s1. The van der Waals surface area contributed by atoms with E-state index in [1.54, 1.807) is 6.07 Å². The van der Waals surface area contributed by atoms with Gasteiger partial charge in [-0.05, 0) is 86.0 Å². The van der Waals surface area contributed by atoms with E-state index in [0.29, 0.717) is 11.8 Å². The lowest BCUT2D eigenvalue weighted by Crippen LogP contribution is -2.56. The van der Waals surface area contributed by atoms with Gasteiger partial charge in [-0.15, -0.1) is 10.2 Å². The summed E-state index contributed by atoms with van der Waals surface area (Å²) in [6.45, 7) is -0.165. The Morgan fingerprint density at radius 2 is 1.88 bits per heavy atom. The van der Waals surface area contributed by atoms with Gasteiger partial charge in [-0.25, -0.2) is 4.79 Å². The van der Waals surface area contributed by atoms with Crippen molar-refractivity contribution in [3.8, 4) is 0 Å². The van der Waals surface area contributed by atoms with Crippen molar-refractivity contribution in [1.82, 2.24) is 35.8 Å². The molecule has 3 amide bonds. The van der Waals surface area contributed by atoms with Crippen LogP contribution in [0.5, 0.6) is 0 Å². The number of carbonyl (C=O) groups excluding carboxylic acids is 4. The number of nitrogens with zero attached hydrogens (tertiary/aromatic N) is 4. The lowest BCUT2D eigenvalue weighted by atomic mass is 9.54. The number of aromatic nitrogens is 5. The summed E-state index contributed by atoms with van der Waals surface area (Å²) in [6.07, 6.45) is 10.6. The second-order valence-corrected chi connectivity index (χ2v) is 11.1. The summed E-state index contributed by atoms with van der Waals surface area (Å²) in [5.74, 6) is 0.148. The van der Waals surface area contributed by atoms with Crippen molar-refractivity contribution < 1.29 is 23.9 Å². The number of esters is 1. The normalized spacial score (nSPS) is 25.0. The highest BCUT2D eigenvalue weighted by Gasteiger charge is 2.48. The molecule has 14 heteroatoms. The number of hydrogen-bond acceptors (Lipinski definition) is 9. The first-order valence-corrected chi connectivity index (χ1v) is 13.9. The summed E-state index contributed by atoms with van der Waals surface area (Å²) < 4.78 is 5.81. The SMILES string of the molecule is COC(=O)/C=C/CC[C@H](NC(=O)c1nn[nH]n1)C(=O)Nc1cccn(CC(=O)NC2C3CC4CC(C3)CC2C4)c1=O. The zero-order chi connectivity index (χ0) is 28.9. The smallest absolute Gasteiger partial charge is 0.330 e. The van der Waals surface area contributed by atoms with E-state index < -0.39 is 29.4 Å². The molecule has 0 saturated heterocycles. The molecule has 4 bridgehead atoms. The fourth-order valence-electron chi connectivity index (χ4n) is 6.78. The van der Waals surface area contributed by atoms with Crippen LogP contribution in [0.1, 0.15) is 55.6 Å². The largest absolute Gasteiger partial charge is 0.466 e. The molecule has 14 nitrogen and oxygen atoms in total. The Hall–Kier alpha value is -4.36. The minimum Gasteiger partial charge on any atom is -0.466 e. The number of nitrogens with one attached hydrogen (secondary N) is 4. The molecule has 0 aromatic carbocycles. The Balaban J connectivity index is 1.22. The van der Waals surface area contributed by atoms with Gasteiger partial charge in [0.05, 0.1) is 7.11 Å². The van der Waals surface area contributed by atoms with E-state index in [-0.39, 0.29) is 42.8 Å². The molecule has 4 aliphatic carbocycles. The third-order valence-electron chi connectivity index (χ3n) is 8.39. The summed E-state index contributed by atoms with van der Waals surface area (Å²) in [7, 11) is 1.24. The molecule has 41 heavy (non-hydrogen) atoms. The Morgan fingerprint density at radius 1 is 1.15 bits per heavy atom. The first kappa shape index (κ1) is 28.2. The third kappa shape index (κ3) is 6.69. The zero-order valence-electron chi connectivity index (χ0n) is 22.7. The average molecular weight is 567 g/mol. The molecule has 4 saturated carbocycles. The number of amides is 3. The Kier molecular flexibility index (Phi) is 8.55. The van der Waals surface area contributed by atoms with Crippen molar-refractivity contribution in [3.63, 3.8) is 0 Å². The molecule has 0 radical (unpaired) electrons. The molecule has 2 heterocycles. The highest BCUT2D eigenvalue weighted by Crippen LogP contribution is 2.53. The van der Waals surface area contributed by atoms with Crippen LogP contribution >= 0.6 is 0 Å². The number of hydrogen-bond donors (Lipinski definition) is 4. The molecule has 2 aromatic rings. The molecular weight excluding hydrogens is 532 g/mol. The van der Waals surface area contributed by atoms with Crippen LogP contribution in [0.2, 0.25) is 0 Å². The molecule has 2 aromatic heterocycles. The number of rotatable bonds is 11. The molecule has 6 rings (SSSR count). The number of aromatic amines is 1. The predicted molar refractivity (Wildman–Crippen MR) is 144 cm³/mol. The number of anilines is 1. The van der Waals surface area contributed by atoms with E-state index in [1.807, 2.05) is 0 Å². The topological polar surface area (TPSA) is 190 Å². The van der Waals surface area contributed by atoms with Gasteiger partial charge in [0.15, 0.2) is 0 Å². The highest BCUT2D eigenvalue weighted by atomic mass is 16.5. The maximum Gasteiger partial charge on any atom is 0.330 e. The van der Waals surface area contributed by atoms with E-state index in [4.69, 9.17) is 0 Å². The monoisotopic (exact) mass is 566 g/mol. The number of tetrazole rings is 1. The van der Waals surface area contributed by atoms with Crippen molar-refractivity contribution in [3.05, 3.63) is 46.7 Å². The van der Waals surface area contributed by atoms with Crippen LogP contribution in [-0.2, 0) is 25.7 Å². The van der Waals surface area contributed by atoms with E-state index in [2.05, 4.69) is 41.3 Å². The van der Waals surface area contributed by atoms with Gasteiger partial charge < -0.3 is 25.3 Å². The Morgan fingerprint density at radius 3 is 2.54 bits per heavy atom. The van der Waals surface area contributed by atoms with Crippen molar-refractivity contribution in [2.75, 3.05) is 12.4 Å². The fourth-order valence-corrected chi connectivity index (χ4v) is 6.78. The first-order chi connectivity index (χ1) is 19.8. The summed E-state index contributed by atoms with van der Waals surface area (Å²) in [4.78, 5) is 63.1. The van der Waals surface area contributed by atoms with Crippen LogP contribution in [0.3, 0.4) is 0 Å². The van der Waals surface area contributed by atoms with E-state index in [9.17, 15) is 24.0 Å². The second kappa shape index (κ2) is 12.4. The summed E-state index contributed by atoms with van der Waals surface area (Å²) in [6, 6.07) is 2.06. The molecule has 0 aliphatic heterocycles. The molecule has 1 atom stereocenters. The van der Waals surface area contributed by atoms with E-state index >= 15 is 0 Å². The zero-order valence-corrected chi connectivity index (χ0v) is 22.7. The molecule has 0 spiro atoms. The molecule has 218 valence electrons. The Bertz CT molecular complexity index is 1340. The van der Waals surface area contributed by atoms with Gasteiger partial charge in [0.25, 0.3) is 17.3 Å². The van der Waals surface area contributed by atoms with Crippen LogP contribution in [0, 0.1) is 23.7 Å². The van der Waals surface area contributed by atoms with Gasteiger partial charge in [-0.3, -0.25) is 19.2 Å². The quantitative estimate of drug-likeness (QED) is 0.222. The van der Waals surface area contributed by atoms with Crippen molar-refractivity contribution in [2.24, 2.45) is 23.7 Å². The molecule has 4 aliphatic rings. The summed E-state index contributed by atoms with van der Waals surface area (Å²) in [5, 5.41) is 21.0. The number of methoxy groups -OCH3 is 1. The van der Waals surface area contributed by atoms with Gasteiger partial charge >= 0.3 is 5.97 Å². The maximum atomic E-state index is 13.2. The van der Waals surface area contributed by atoms with Crippen LogP contribution in [0.15, 0.2) is 35.3 Å². The lowest BCUT2D eigenvalue weighted by Gasteiger charge is -2.54. The van der Waals surface area contributed by atoms with Crippen molar-refractivity contribution in [1.29, 1.82) is 0 Å². The Labute approximate surface area is 235 Å². The first-order valence-electron chi connectivity index (χ1n) is 13.9. The molecule has 4 N–H and O–H groups in total. The predicted octanol–water partition coefficient (Wildman–Crippen LogP) is 0.549. The van der Waals surface area contributed by atoms with Crippen molar-refractivity contribution >= 4 is 29.4 Å². The highest BCUT2D eigenvalue weighted by molar-refractivity contribution is 5.99. The maximum absolute atomic E-state index is 13.2. The van der Waals surface area contributed by atoms with Crippen LogP contribution in [-0.4, -0.2) is 68.1 Å². The van der Waals surface area contributed by atoms with Gasteiger partial charge in [0.2, 0.25) is 11.8 Å². The molecule has 0 unspecified atom stereocenters. The van der Waals surface area contributed by atoms with Gasteiger partial charge in [0.1, 0.15) is 18.3 Å². The summed E-state index contributed by atoms with van der Waals surface area (Å²) in [5.41, 5.74) is -0.584. The van der Waals surface area contributed by atoms with Crippen molar-refractivity contribution in [2.45, 2.75) is 63.6 Å². The average Bonchev–Trinajstić information content (AvgIpc) is 3.49. The van der Waals surface area contributed by atoms with E-state index in [1.165, 1.54) is 68.2 Å². The molecule has 4 fully saturated rings. The summed E-state index contributed by atoms with van der Waals surface area (Å²) >= 11 is 0. The number of ether oxygens (including phenoxy) is 1. The number of carbonyl (C=O) groups is 4. The van der Waals surface area contributed by atoms with E-state index in [0.717, 1.165) is 11.8 Å². The van der Waals surface area contributed by atoms with Crippen LogP contribution in [0.25, 0.3) is 0 Å². The van der Waals surface area contributed by atoms with Crippen LogP contribution in [0.4, 0.5) is 5.69 Å². The second-order valence-electron chi connectivity index (χ2n) is 11.1. The number of allylic oxidation sites excluding steroid dienone is 1. The van der Waals surface area contributed by atoms with Gasteiger partial charge in [-0.1, -0.05) is 6.08 Å². The van der Waals surface area contributed by atoms with Crippen LogP contribution < -0.4 is 21.5 Å². The lowest BCUT2D eigenvalue weighted by molar-refractivity contribution is -0.134. The minimum atomic E-state index is -1.10. The third-order valence-corrected chi connectivity index (χ3v) is 8.39. The minimum absolute atomic E-state index is 0.0381. The number of pyridine rings is 1. The number of H-pyrrole nitrogens is 1. The van der Waals surface area contributed by atoms with Gasteiger partial charge in [-0.2, -0.15) is 5.21 Å².